The fourth-order valence-corrected chi connectivity index (χ4v) is 5.12. The molecule has 1 aromatic rings. The first-order valence-corrected chi connectivity index (χ1v) is 12.3. The number of piperidine rings is 1. The summed E-state index contributed by atoms with van der Waals surface area (Å²) in [7, 11) is 0. The van der Waals surface area contributed by atoms with E-state index in [2.05, 4.69) is 23.3 Å². The third-order valence-electron chi connectivity index (χ3n) is 7.23. The van der Waals surface area contributed by atoms with E-state index in [1.165, 1.54) is 6.42 Å². The number of terminal acetylenes is 1. The van der Waals surface area contributed by atoms with E-state index in [9.17, 15) is 31.4 Å². The van der Waals surface area contributed by atoms with Crippen LogP contribution >= 0.6 is 0 Å². The molecule has 198 valence electrons. The largest absolute Gasteiger partial charge is 0.425 e. The van der Waals surface area contributed by atoms with Crippen LogP contribution in [0, 0.1) is 36.2 Å². The molecule has 1 aliphatic carbocycles. The van der Waals surface area contributed by atoms with Crippen molar-refractivity contribution in [3.05, 3.63) is 34.9 Å². The summed E-state index contributed by atoms with van der Waals surface area (Å²) in [6.07, 6.45) is 5.37. The monoisotopic (exact) mass is 515 g/mol. The number of alkyl halides is 6. The second kappa shape index (κ2) is 11.8. The molecule has 1 saturated carbocycles. The molecule has 2 aliphatic rings. The SMILES string of the molecule is C#C[C@H](OC#CC1(C2CCCCCCC2)CC[C@H](CO)CN1)c1cc(C(F)(F)F)cc(C(F)(F)F)c1. The van der Waals surface area contributed by atoms with E-state index in [1.54, 1.807) is 0 Å². The van der Waals surface area contributed by atoms with Crippen LogP contribution < -0.4 is 5.32 Å². The number of halogens is 6. The van der Waals surface area contributed by atoms with E-state index in [-0.39, 0.29) is 24.5 Å². The smallest absolute Gasteiger partial charge is 0.416 e. The number of ether oxygens (including phenoxy) is 1. The van der Waals surface area contributed by atoms with Crippen LogP contribution in [-0.4, -0.2) is 23.8 Å². The molecule has 36 heavy (non-hydrogen) atoms. The fraction of sp³-hybridized carbons (Fsp3) is 0.630. The number of nitrogens with one attached hydrogen (secondary N) is 1. The highest BCUT2D eigenvalue weighted by atomic mass is 19.4. The molecule has 1 aromatic carbocycles. The van der Waals surface area contributed by atoms with Crippen LogP contribution in [0.5, 0.6) is 0 Å². The summed E-state index contributed by atoms with van der Waals surface area (Å²) in [5, 5.41) is 13.0. The average Bonchev–Trinajstić information content (AvgIpc) is 2.80. The summed E-state index contributed by atoms with van der Waals surface area (Å²) >= 11 is 0. The molecule has 3 atom stereocenters. The first kappa shape index (κ1) is 28.2. The standard InChI is InChI=1S/C27H31F6NO2/c1-2-24(20-14-22(26(28,29)30)16-23(15-20)27(31,32)33)36-13-12-25(11-10-19(18-35)17-34-25)21-8-6-4-3-5-7-9-21/h1,14-16,19,21,24,34-35H,3-11,17-18H2/t19-,24-,25?/m0/s1. The Morgan fingerprint density at radius 1 is 0.972 bits per heavy atom. The molecule has 0 bridgehead atoms. The van der Waals surface area contributed by atoms with E-state index < -0.39 is 40.7 Å². The van der Waals surface area contributed by atoms with Gasteiger partial charge in [-0.1, -0.05) is 38.0 Å². The Kier molecular flexibility index (Phi) is 9.24. The van der Waals surface area contributed by atoms with Crippen molar-refractivity contribution < 1.29 is 36.2 Å². The zero-order valence-corrected chi connectivity index (χ0v) is 19.9. The molecule has 1 aliphatic heterocycles. The normalized spacial score (nSPS) is 25.0. The van der Waals surface area contributed by atoms with Crippen molar-refractivity contribution >= 4 is 0 Å². The molecule has 1 heterocycles. The van der Waals surface area contributed by atoms with Gasteiger partial charge in [-0.3, -0.25) is 0 Å². The molecule has 2 fully saturated rings. The van der Waals surface area contributed by atoms with Gasteiger partial charge in [0, 0.05) is 18.7 Å². The Hall–Kier alpha value is -2.36. The second-order valence-corrected chi connectivity index (χ2v) is 9.71. The molecule has 1 unspecified atom stereocenters. The molecule has 1 saturated heterocycles. The minimum Gasteiger partial charge on any atom is -0.425 e. The van der Waals surface area contributed by atoms with E-state index in [0.717, 1.165) is 44.9 Å². The van der Waals surface area contributed by atoms with Gasteiger partial charge in [0.1, 0.15) is 6.11 Å². The Morgan fingerprint density at radius 2 is 1.56 bits per heavy atom. The number of hydrogen-bond donors (Lipinski definition) is 2. The predicted molar refractivity (Wildman–Crippen MR) is 123 cm³/mol. The van der Waals surface area contributed by atoms with E-state index in [1.807, 2.05) is 0 Å². The zero-order valence-electron chi connectivity index (χ0n) is 19.9. The van der Waals surface area contributed by atoms with E-state index in [0.29, 0.717) is 25.1 Å². The predicted octanol–water partition coefficient (Wildman–Crippen LogP) is 6.47. The van der Waals surface area contributed by atoms with Gasteiger partial charge in [-0.05, 0) is 61.6 Å². The van der Waals surface area contributed by atoms with Crippen molar-refractivity contribution in [3.8, 4) is 24.4 Å². The number of aliphatic hydroxyl groups is 1. The van der Waals surface area contributed by atoms with Gasteiger partial charge in [0.25, 0.3) is 0 Å². The Labute approximate surface area is 208 Å². The second-order valence-electron chi connectivity index (χ2n) is 9.71. The molecule has 0 spiro atoms. The third kappa shape index (κ3) is 7.11. The fourth-order valence-electron chi connectivity index (χ4n) is 5.12. The van der Waals surface area contributed by atoms with E-state index in [4.69, 9.17) is 11.2 Å². The molecule has 0 radical (unpaired) electrons. The van der Waals surface area contributed by atoms with Crippen molar-refractivity contribution in [1.82, 2.24) is 5.32 Å². The van der Waals surface area contributed by atoms with Gasteiger partial charge >= 0.3 is 12.4 Å². The molecule has 9 heteroatoms. The Bertz CT molecular complexity index is 937. The highest BCUT2D eigenvalue weighted by Crippen LogP contribution is 2.39. The maximum absolute atomic E-state index is 13.3. The van der Waals surface area contributed by atoms with Gasteiger partial charge in [-0.15, -0.1) is 6.42 Å². The molecule has 2 N–H and O–H groups in total. The average molecular weight is 516 g/mol. The van der Waals surface area contributed by atoms with Gasteiger partial charge < -0.3 is 15.2 Å². The lowest BCUT2D eigenvalue weighted by Gasteiger charge is -2.43. The van der Waals surface area contributed by atoms with Crippen LogP contribution in [-0.2, 0) is 17.1 Å². The third-order valence-corrected chi connectivity index (χ3v) is 7.23. The molecule has 3 nitrogen and oxygen atoms in total. The molecule has 0 aromatic heterocycles. The number of hydrogen-bond acceptors (Lipinski definition) is 3. The molecular formula is C27H31F6NO2. The zero-order chi connectivity index (χ0) is 26.4. The summed E-state index contributed by atoms with van der Waals surface area (Å²) < 4.78 is 85.0. The molecule has 0 amide bonds. The topological polar surface area (TPSA) is 41.5 Å². The van der Waals surface area contributed by atoms with Crippen molar-refractivity contribution in [1.29, 1.82) is 0 Å². The highest BCUT2D eigenvalue weighted by molar-refractivity contribution is 5.37. The minimum absolute atomic E-state index is 0.0495. The summed E-state index contributed by atoms with van der Waals surface area (Å²) in [5.41, 5.74) is -3.98. The first-order chi connectivity index (χ1) is 17.0. The Morgan fingerprint density at radius 3 is 2.03 bits per heavy atom. The lowest BCUT2D eigenvalue weighted by atomic mass is 9.71. The minimum atomic E-state index is -4.99. The van der Waals surface area contributed by atoms with Crippen LogP contribution in [0.2, 0.25) is 0 Å². The molecule has 3 rings (SSSR count). The maximum Gasteiger partial charge on any atom is 0.416 e. The van der Waals surface area contributed by atoms with Gasteiger partial charge in [-0.2, -0.15) is 26.3 Å². The van der Waals surface area contributed by atoms with Crippen LogP contribution in [0.15, 0.2) is 18.2 Å². The maximum atomic E-state index is 13.3. The highest BCUT2D eigenvalue weighted by Gasteiger charge is 2.41. The Balaban J connectivity index is 1.89. The molecular weight excluding hydrogens is 484 g/mol. The van der Waals surface area contributed by atoms with Crippen LogP contribution in [0.25, 0.3) is 0 Å². The first-order valence-electron chi connectivity index (χ1n) is 12.3. The number of benzene rings is 1. The van der Waals surface area contributed by atoms with Gasteiger partial charge in [0.05, 0.1) is 16.7 Å². The quantitative estimate of drug-likeness (QED) is 0.357. The van der Waals surface area contributed by atoms with Gasteiger partial charge in [-0.25, -0.2) is 0 Å². The lowest BCUT2D eigenvalue weighted by molar-refractivity contribution is -0.143. The summed E-state index contributed by atoms with van der Waals surface area (Å²) in [6.45, 7) is 0.608. The summed E-state index contributed by atoms with van der Waals surface area (Å²) in [4.78, 5) is 0. The van der Waals surface area contributed by atoms with E-state index >= 15 is 0 Å². The summed E-state index contributed by atoms with van der Waals surface area (Å²) in [5.74, 6) is 5.55. The van der Waals surface area contributed by atoms with Crippen LogP contribution in [0.1, 0.15) is 80.6 Å². The van der Waals surface area contributed by atoms with Crippen molar-refractivity contribution in [3.63, 3.8) is 0 Å². The van der Waals surface area contributed by atoms with Crippen molar-refractivity contribution in [2.45, 2.75) is 81.8 Å². The van der Waals surface area contributed by atoms with Gasteiger partial charge in [0.2, 0.25) is 0 Å². The number of aliphatic hydroxyl groups excluding tert-OH is 1. The van der Waals surface area contributed by atoms with Crippen molar-refractivity contribution in [2.24, 2.45) is 11.8 Å². The summed E-state index contributed by atoms with van der Waals surface area (Å²) in [6, 6.07) is 1.18. The van der Waals surface area contributed by atoms with Crippen LogP contribution in [0.3, 0.4) is 0 Å². The lowest BCUT2D eigenvalue weighted by Crippen LogP contribution is -2.55. The number of rotatable bonds is 4. The van der Waals surface area contributed by atoms with Crippen LogP contribution in [0.4, 0.5) is 26.3 Å². The van der Waals surface area contributed by atoms with Gasteiger partial charge in [0.15, 0.2) is 6.10 Å². The van der Waals surface area contributed by atoms with Crippen molar-refractivity contribution in [2.75, 3.05) is 13.2 Å².